The lowest BCUT2D eigenvalue weighted by atomic mass is 9.98. The van der Waals surface area contributed by atoms with Crippen LogP contribution >= 0.6 is 0 Å². The van der Waals surface area contributed by atoms with E-state index in [9.17, 15) is 4.21 Å². The Morgan fingerprint density at radius 1 is 0.893 bits per heavy atom. The van der Waals surface area contributed by atoms with Gasteiger partial charge in [-0.2, -0.15) is 0 Å². The summed E-state index contributed by atoms with van der Waals surface area (Å²) in [4.78, 5) is 0.947. The van der Waals surface area contributed by atoms with Gasteiger partial charge in [0.2, 0.25) is 0 Å². The van der Waals surface area contributed by atoms with Crippen LogP contribution in [0, 0.1) is 0 Å². The average molecular weight is 394 g/mol. The Bertz CT molecular complexity index is 970. The molecule has 3 aromatic carbocycles. The summed E-state index contributed by atoms with van der Waals surface area (Å²) in [6.07, 6.45) is 0.780. The van der Waals surface area contributed by atoms with Crippen molar-refractivity contribution in [2.45, 2.75) is 22.6 Å². The molecule has 3 aromatic rings. The molecule has 0 saturated heterocycles. The molecule has 4 rings (SSSR count). The van der Waals surface area contributed by atoms with Gasteiger partial charge in [-0.3, -0.25) is 4.21 Å². The number of hydrogen-bond acceptors (Lipinski definition) is 4. The van der Waals surface area contributed by atoms with Gasteiger partial charge in [-0.15, -0.1) is 0 Å². The Morgan fingerprint density at radius 2 is 1.50 bits per heavy atom. The van der Waals surface area contributed by atoms with E-state index in [4.69, 9.17) is 9.47 Å². The SMILES string of the molecule is COc1ccc(N[C@@H](c2ccc(OC)cc2)[C@H]2Cc3ccccc3S2=O)cc1. The predicted molar refractivity (Wildman–Crippen MR) is 113 cm³/mol. The number of benzene rings is 3. The lowest BCUT2D eigenvalue weighted by molar-refractivity contribution is 0.414. The minimum atomic E-state index is -1.07. The van der Waals surface area contributed by atoms with Crippen LogP contribution in [0.1, 0.15) is 17.2 Å². The lowest BCUT2D eigenvalue weighted by Crippen LogP contribution is -2.28. The minimum absolute atomic E-state index is 0.0482. The molecule has 0 aliphatic carbocycles. The molecule has 0 saturated carbocycles. The number of methoxy groups -OCH3 is 2. The van der Waals surface area contributed by atoms with Gasteiger partial charge in [-0.1, -0.05) is 30.3 Å². The molecule has 28 heavy (non-hydrogen) atoms. The molecular weight excluding hydrogens is 370 g/mol. The third-order valence-corrected chi connectivity index (χ3v) is 6.96. The van der Waals surface area contributed by atoms with Gasteiger partial charge in [-0.05, 0) is 60.0 Å². The summed E-state index contributed by atoms with van der Waals surface area (Å²) in [6, 6.07) is 23.7. The Morgan fingerprint density at radius 3 is 2.11 bits per heavy atom. The van der Waals surface area contributed by atoms with Gasteiger partial charge in [0.15, 0.2) is 0 Å². The monoisotopic (exact) mass is 393 g/mol. The Kier molecular flexibility index (Phi) is 5.35. The molecule has 3 atom stereocenters. The smallest absolute Gasteiger partial charge is 0.119 e. The van der Waals surface area contributed by atoms with Crippen molar-refractivity contribution in [2.75, 3.05) is 19.5 Å². The molecule has 1 aliphatic rings. The van der Waals surface area contributed by atoms with Crippen molar-refractivity contribution in [1.82, 2.24) is 0 Å². The van der Waals surface area contributed by atoms with Crippen LogP contribution in [0.3, 0.4) is 0 Å². The molecule has 5 heteroatoms. The molecule has 144 valence electrons. The summed E-state index contributed by atoms with van der Waals surface area (Å²) in [5.74, 6) is 1.62. The van der Waals surface area contributed by atoms with Gasteiger partial charge >= 0.3 is 0 Å². The highest BCUT2D eigenvalue weighted by atomic mass is 32.2. The fourth-order valence-corrected chi connectivity index (χ4v) is 5.39. The highest BCUT2D eigenvalue weighted by molar-refractivity contribution is 7.86. The number of ether oxygens (including phenoxy) is 2. The maximum atomic E-state index is 13.3. The molecule has 0 bridgehead atoms. The first-order valence-corrected chi connectivity index (χ1v) is 10.4. The van der Waals surface area contributed by atoms with Crippen LogP contribution in [-0.2, 0) is 17.2 Å². The first-order chi connectivity index (χ1) is 13.7. The number of anilines is 1. The van der Waals surface area contributed by atoms with E-state index in [1.165, 1.54) is 5.56 Å². The van der Waals surface area contributed by atoms with Crippen molar-refractivity contribution in [3.63, 3.8) is 0 Å². The quantitative estimate of drug-likeness (QED) is 0.665. The van der Waals surface area contributed by atoms with Crippen LogP contribution in [-0.4, -0.2) is 23.7 Å². The summed E-state index contributed by atoms with van der Waals surface area (Å²) in [5, 5.41) is 3.55. The van der Waals surface area contributed by atoms with Crippen molar-refractivity contribution >= 4 is 16.5 Å². The van der Waals surface area contributed by atoms with Crippen LogP contribution in [0.15, 0.2) is 77.7 Å². The second-order valence-electron chi connectivity index (χ2n) is 6.77. The van der Waals surface area contributed by atoms with Gasteiger partial charge in [0.05, 0.1) is 36.3 Å². The Hall–Kier alpha value is -2.79. The van der Waals surface area contributed by atoms with Gasteiger partial charge in [0.1, 0.15) is 11.5 Å². The van der Waals surface area contributed by atoms with Crippen LogP contribution in [0.5, 0.6) is 11.5 Å². The van der Waals surface area contributed by atoms with Crippen molar-refractivity contribution in [3.8, 4) is 11.5 Å². The summed E-state index contributed by atoms with van der Waals surface area (Å²) in [5.41, 5.74) is 3.22. The maximum absolute atomic E-state index is 13.3. The van der Waals surface area contributed by atoms with E-state index in [0.717, 1.165) is 34.1 Å². The summed E-state index contributed by atoms with van der Waals surface area (Å²) in [7, 11) is 2.24. The molecule has 0 spiro atoms. The molecule has 0 radical (unpaired) electrons. The highest BCUT2D eigenvalue weighted by Gasteiger charge is 2.36. The largest absolute Gasteiger partial charge is 0.497 e. The van der Waals surface area contributed by atoms with Crippen molar-refractivity contribution < 1.29 is 13.7 Å². The molecule has 1 unspecified atom stereocenters. The van der Waals surface area contributed by atoms with Crippen molar-refractivity contribution in [2.24, 2.45) is 0 Å². The zero-order valence-electron chi connectivity index (χ0n) is 15.9. The van der Waals surface area contributed by atoms with E-state index in [1.807, 2.05) is 66.7 Å². The molecule has 1 N–H and O–H groups in total. The zero-order chi connectivity index (χ0) is 19.5. The predicted octanol–water partition coefficient (Wildman–Crippen LogP) is 4.59. The summed E-state index contributed by atoms with van der Waals surface area (Å²) >= 11 is 0. The Balaban J connectivity index is 1.67. The van der Waals surface area contributed by atoms with E-state index < -0.39 is 10.8 Å². The fraction of sp³-hybridized carbons (Fsp3) is 0.217. The normalized spacial score (nSPS) is 18.9. The molecule has 0 aromatic heterocycles. The maximum Gasteiger partial charge on any atom is 0.119 e. The van der Waals surface area contributed by atoms with E-state index >= 15 is 0 Å². The Labute approximate surface area is 168 Å². The van der Waals surface area contributed by atoms with Crippen molar-refractivity contribution in [1.29, 1.82) is 0 Å². The van der Waals surface area contributed by atoms with Crippen LogP contribution < -0.4 is 14.8 Å². The molecule has 0 fully saturated rings. The van der Waals surface area contributed by atoms with E-state index in [2.05, 4.69) is 11.4 Å². The second kappa shape index (κ2) is 8.07. The first kappa shape index (κ1) is 18.6. The fourth-order valence-electron chi connectivity index (χ4n) is 3.63. The number of rotatable bonds is 6. The minimum Gasteiger partial charge on any atom is -0.497 e. The van der Waals surface area contributed by atoms with Crippen LogP contribution in [0.4, 0.5) is 5.69 Å². The lowest BCUT2D eigenvalue weighted by Gasteiger charge is -2.26. The summed E-state index contributed by atoms with van der Waals surface area (Å²) < 4.78 is 23.8. The standard InChI is InChI=1S/C23H23NO3S/c1-26-19-11-7-16(8-12-19)23(24-18-9-13-20(27-2)14-10-18)22-15-17-5-3-4-6-21(17)28(22)25/h3-14,22-24H,15H2,1-2H3/t22-,23+,28?/m1/s1. The molecule has 1 aliphatic heterocycles. The first-order valence-electron chi connectivity index (χ1n) is 9.22. The number of nitrogens with one attached hydrogen (secondary N) is 1. The number of fused-ring (bicyclic) bond motifs is 1. The molecule has 1 heterocycles. The van der Waals surface area contributed by atoms with Gasteiger partial charge in [0, 0.05) is 10.6 Å². The molecule has 4 nitrogen and oxygen atoms in total. The number of hydrogen-bond donors (Lipinski definition) is 1. The molecule has 0 amide bonds. The van der Waals surface area contributed by atoms with E-state index in [-0.39, 0.29) is 11.3 Å². The third kappa shape index (κ3) is 3.62. The average Bonchev–Trinajstić information content (AvgIpc) is 3.09. The third-order valence-electron chi connectivity index (χ3n) is 5.14. The van der Waals surface area contributed by atoms with Crippen LogP contribution in [0.2, 0.25) is 0 Å². The highest BCUT2D eigenvalue weighted by Crippen LogP contribution is 2.37. The molecular formula is C23H23NO3S. The van der Waals surface area contributed by atoms with E-state index in [0.29, 0.717) is 0 Å². The second-order valence-corrected chi connectivity index (χ2v) is 8.41. The van der Waals surface area contributed by atoms with Gasteiger partial charge < -0.3 is 14.8 Å². The van der Waals surface area contributed by atoms with Gasteiger partial charge in [0.25, 0.3) is 0 Å². The van der Waals surface area contributed by atoms with Crippen LogP contribution in [0.25, 0.3) is 0 Å². The topological polar surface area (TPSA) is 47.6 Å². The van der Waals surface area contributed by atoms with Gasteiger partial charge in [-0.25, -0.2) is 0 Å². The van der Waals surface area contributed by atoms with Crippen molar-refractivity contribution in [3.05, 3.63) is 83.9 Å². The summed E-state index contributed by atoms with van der Waals surface area (Å²) in [6.45, 7) is 0. The zero-order valence-corrected chi connectivity index (χ0v) is 16.7. The van der Waals surface area contributed by atoms with E-state index in [1.54, 1.807) is 14.2 Å².